The molecule has 0 aliphatic carbocycles. The number of aromatic nitrogens is 1. The van der Waals surface area contributed by atoms with Crippen LogP contribution in [0, 0.1) is 0 Å². The van der Waals surface area contributed by atoms with Gasteiger partial charge in [0.2, 0.25) is 5.91 Å². The van der Waals surface area contributed by atoms with E-state index in [-0.39, 0.29) is 24.4 Å². The van der Waals surface area contributed by atoms with Gasteiger partial charge >= 0.3 is 0 Å². The molecule has 1 aromatic carbocycles. The Kier molecular flexibility index (Phi) is 7.50. The molecule has 1 aliphatic heterocycles. The first-order chi connectivity index (χ1) is 11.7. The summed E-state index contributed by atoms with van der Waals surface area (Å²) in [6, 6.07) is 11.1. The Balaban J connectivity index is 0.00000225. The van der Waals surface area contributed by atoms with Crippen molar-refractivity contribution in [1.29, 1.82) is 0 Å². The van der Waals surface area contributed by atoms with Crippen LogP contribution in [0.3, 0.4) is 0 Å². The molecular formula is C18H21Cl2N3O2. The Morgan fingerprint density at radius 1 is 1.32 bits per heavy atom. The third kappa shape index (κ3) is 5.59. The second-order valence-electron chi connectivity index (χ2n) is 5.75. The topological polar surface area (TPSA) is 54.5 Å². The average molecular weight is 382 g/mol. The minimum Gasteiger partial charge on any atom is -0.490 e. The van der Waals surface area contributed by atoms with Crippen molar-refractivity contribution in [3.63, 3.8) is 0 Å². The van der Waals surface area contributed by atoms with Gasteiger partial charge < -0.3 is 15.0 Å². The lowest BCUT2D eigenvalue weighted by Crippen LogP contribution is -2.56. The maximum atomic E-state index is 12.7. The Morgan fingerprint density at radius 3 is 2.84 bits per heavy atom. The molecule has 3 rings (SSSR count). The summed E-state index contributed by atoms with van der Waals surface area (Å²) in [4.78, 5) is 18.6. The number of nitrogens with one attached hydrogen (secondary N) is 1. The van der Waals surface area contributed by atoms with Crippen molar-refractivity contribution in [3.05, 3.63) is 59.4 Å². The van der Waals surface area contributed by atoms with Gasteiger partial charge in [-0.1, -0.05) is 23.7 Å². The maximum Gasteiger partial charge on any atom is 0.227 e. The molecule has 5 nitrogen and oxygen atoms in total. The summed E-state index contributed by atoms with van der Waals surface area (Å²) in [5, 5.41) is 4.00. The van der Waals surface area contributed by atoms with Crippen molar-refractivity contribution in [2.75, 3.05) is 26.2 Å². The number of pyridine rings is 1. The molecular weight excluding hydrogens is 361 g/mol. The Labute approximate surface area is 158 Å². The number of piperazine rings is 1. The molecule has 0 saturated carbocycles. The number of ether oxygens (including phenoxy) is 1. The molecule has 0 spiro atoms. The molecule has 1 unspecified atom stereocenters. The molecule has 0 bridgehead atoms. The van der Waals surface area contributed by atoms with Crippen molar-refractivity contribution in [2.24, 2.45) is 0 Å². The molecule has 1 N–H and O–H groups in total. The van der Waals surface area contributed by atoms with Gasteiger partial charge in [-0.25, -0.2) is 0 Å². The second kappa shape index (κ2) is 9.61. The minimum absolute atomic E-state index is 0. The van der Waals surface area contributed by atoms with E-state index < -0.39 is 0 Å². The van der Waals surface area contributed by atoms with Gasteiger partial charge in [-0.15, -0.1) is 12.4 Å². The van der Waals surface area contributed by atoms with Gasteiger partial charge in [0.1, 0.15) is 12.4 Å². The molecule has 134 valence electrons. The molecule has 7 heteroatoms. The summed E-state index contributed by atoms with van der Waals surface area (Å²) in [6.45, 7) is 2.67. The molecule has 1 saturated heterocycles. The predicted octanol–water partition coefficient (Wildman–Crippen LogP) is 2.58. The Bertz CT molecular complexity index is 668. The molecule has 2 aromatic rings. The molecule has 1 fully saturated rings. The lowest BCUT2D eigenvalue weighted by Gasteiger charge is -2.36. The van der Waals surface area contributed by atoms with E-state index in [1.54, 1.807) is 12.4 Å². The van der Waals surface area contributed by atoms with E-state index in [9.17, 15) is 4.79 Å². The van der Waals surface area contributed by atoms with Crippen LogP contribution in [0.25, 0.3) is 0 Å². The number of hydrogen-bond acceptors (Lipinski definition) is 4. The highest BCUT2D eigenvalue weighted by atomic mass is 35.5. The number of rotatable bonds is 5. The first-order valence-electron chi connectivity index (χ1n) is 8.00. The molecule has 25 heavy (non-hydrogen) atoms. The molecule has 1 atom stereocenters. The smallest absolute Gasteiger partial charge is 0.227 e. The number of benzene rings is 1. The van der Waals surface area contributed by atoms with Gasteiger partial charge in [0, 0.05) is 30.9 Å². The first kappa shape index (κ1) is 19.5. The van der Waals surface area contributed by atoms with Crippen molar-refractivity contribution >= 4 is 29.9 Å². The zero-order chi connectivity index (χ0) is 16.8. The van der Waals surface area contributed by atoms with Crippen molar-refractivity contribution < 1.29 is 9.53 Å². The predicted molar refractivity (Wildman–Crippen MR) is 101 cm³/mol. The summed E-state index contributed by atoms with van der Waals surface area (Å²) in [6.07, 6.45) is 3.76. The van der Waals surface area contributed by atoms with Crippen molar-refractivity contribution in [1.82, 2.24) is 15.2 Å². The van der Waals surface area contributed by atoms with Gasteiger partial charge in [0.25, 0.3) is 0 Å². The Morgan fingerprint density at radius 2 is 2.12 bits per heavy atom. The van der Waals surface area contributed by atoms with Crippen LogP contribution in [0.15, 0.2) is 48.8 Å². The van der Waals surface area contributed by atoms with Gasteiger partial charge in [-0.3, -0.25) is 9.78 Å². The van der Waals surface area contributed by atoms with E-state index in [0.717, 1.165) is 18.7 Å². The summed E-state index contributed by atoms with van der Waals surface area (Å²) >= 11 is 5.89. The Hall–Kier alpha value is -1.82. The second-order valence-corrected chi connectivity index (χ2v) is 6.18. The van der Waals surface area contributed by atoms with Crippen LogP contribution in [-0.2, 0) is 11.2 Å². The third-order valence-electron chi connectivity index (χ3n) is 4.02. The average Bonchev–Trinajstić information content (AvgIpc) is 2.63. The standard InChI is InChI=1S/C18H20ClN3O2.ClH/c19-15-5-3-14(4-6-15)10-18(23)22-9-8-21-11-16(22)13-24-17-2-1-7-20-12-17;/h1-7,12,16,21H,8-11,13H2;1H. The fraction of sp³-hybridized carbons (Fsp3) is 0.333. The van der Waals surface area contributed by atoms with Crippen LogP contribution in [-0.4, -0.2) is 48.1 Å². The lowest BCUT2D eigenvalue weighted by atomic mass is 10.1. The molecule has 0 radical (unpaired) electrons. The first-order valence-corrected chi connectivity index (χ1v) is 8.37. The summed E-state index contributed by atoms with van der Waals surface area (Å²) in [7, 11) is 0. The van der Waals surface area contributed by atoms with E-state index >= 15 is 0 Å². The minimum atomic E-state index is 0. The number of carbonyl (C=O) groups excluding carboxylic acids is 1. The zero-order valence-electron chi connectivity index (χ0n) is 13.7. The van der Waals surface area contributed by atoms with Crippen LogP contribution in [0.2, 0.25) is 5.02 Å². The molecule has 1 amide bonds. The van der Waals surface area contributed by atoms with E-state index in [4.69, 9.17) is 16.3 Å². The molecule has 2 heterocycles. The maximum absolute atomic E-state index is 12.7. The largest absolute Gasteiger partial charge is 0.490 e. The fourth-order valence-corrected chi connectivity index (χ4v) is 2.87. The van der Waals surface area contributed by atoms with Gasteiger partial charge in [-0.2, -0.15) is 0 Å². The van der Waals surface area contributed by atoms with Gasteiger partial charge in [-0.05, 0) is 29.8 Å². The third-order valence-corrected chi connectivity index (χ3v) is 4.27. The SMILES string of the molecule is Cl.O=C(Cc1ccc(Cl)cc1)N1CCNCC1COc1cccnc1. The summed E-state index contributed by atoms with van der Waals surface area (Å²) in [5.41, 5.74) is 0.967. The number of nitrogens with zero attached hydrogens (tertiary/aromatic N) is 2. The van der Waals surface area contributed by atoms with Crippen LogP contribution in [0.1, 0.15) is 5.56 Å². The van der Waals surface area contributed by atoms with Crippen LogP contribution >= 0.6 is 24.0 Å². The quantitative estimate of drug-likeness (QED) is 0.864. The highest BCUT2D eigenvalue weighted by Gasteiger charge is 2.27. The van der Waals surface area contributed by atoms with E-state index in [0.29, 0.717) is 30.3 Å². The van der Waals surface area contributed by atoms with Crippen LogP contribution in [0.4, 0.5) is 0 Å². The molecule has 1 aliphatic rings. The van der Waals surface area contributed by atoms with E-state index in [1.165, 1.54) is 0 Å². The highest BCUT2D eigenvalue weighted by Crippen LogP contribution is 2.14. The van der Waals surface area contributed by atoms with Gasteiger partial charge in [0.05, 0.1) is 18.7 Å². The number of amides is 1. The van der Waals surface area contributed by atoms with Crippen molar-refractivity contribution in [3.8, 4) is 5.75 Å². The summed E-state index contributed by atoms with van der Waals surface area (Å²) in [5.74, 6) is 0.826. The van der Waals surface area contributed by atoms with E-state index in [1.807, 2.05) is 41.3 Å². The highest BCUT2D eigenvalue weighted by molar-refractivity contribution is 6.30. The van der Waals surface area contributed by atoms with Crippen molar-refractivity contribution in [2.45, 2.75) is 12.5 Å². The van der Waals surface area contributed by atoms with Gasteiger partial charge in [0.15, 0.2) is 0 Å². The van der Waals surface area contributed by atoms with Crippen LogP contribution < -0.4 is 10.1 Å². The summed E-state index contributed by atoms with van der Waals surface area (Å²) < 4.78 is 5.78. The molecule has 1 aromatic heterocycles. The lowest BCUT2D eigenvalue weighted by molar-refractivity contribution is -0.134. The normalized spacial score (nSPS) is 16.8. The number of carbonyl (C=O) groups is 1. The number of hydrogen-bond donors (Lipinski definition) is 1. The number of halogens is 2. The zero-order valence-corrected chi connectivity index (χ0v) is 15.3. The van der Waals surface area contributed by atoms with E-state index in [2.05, 4.69) is 10.3 Å². The fourth-order valence-electron chi connectivity index (χ4n) is 2.74. The monoisotopic (exact) mass is 381 g/mol. The van der Waals surface area contributed by atoms with Crippen LogP contribution in [0.5, 0.6) is 5.75 Å².